The first-order valence-corrected chi connectivity index (χ1v) is 7.37. The molecule has 0 aliphatic heterocycles. The van der Waals surface area contributed by atoms with E-state index < -0.39 is 0 Å². The summed E-state index contributed by atoms with van der Waals surface area (Å²) in [6.07, 6.45) is 0.881. The lowest BCUT2D eigenvalue weighted by atomic mass is 9.99. The monoisotopic (exact) mass is 276 g/mol. The number of benzene rings is 2. The minimum atomic E-state index is 0.376. The molecule has 0 saturated carbocycles. The van der Waals surface area contributed by atoms with Gasteiger partial charge in [0.15, 0.2) is 0 Å². The van der Waals surface area contributed by atoms with Crippen molar-refractivity contribution in [1.82, 2.24) is 4.98 Å². The smallest absolute Gasteiger partial charge is 0.0761 e. The van der Waals surface area contributed by atoms with Gasteiger partial charge in [0.05, 0.1) is 5.52 Å². The van der Waals surface area contributed by atoms with E-state index in [1.54, 1.807) is 0 Å². The topological polar surface area (TPSA) is 38.9 Å². The van der Waals surface area contributed by atoms with Crippen LogP contribution in [0.2, 0.25) is 0 Å². The molecule has 0 bridgehead atoms. The molecule has 0 spiro atoms. The van der Waals surface area contributed by atoms with Crippen LogP contribution < -0.4 is 5.73 Å². The van der Waals surface area contributed by atoms with Crippen LogP contribution in [0.1, 0.15) is 36.6 Å². The molecule has 3 aromatic rings. The van der Waals surface area contributed by atoms with Gasteiger partial charge in [0.25, 0.3) is 0 Å². The molecule has 2 heteroatoms. The van der Waals surface area contributed by atoms with Crippen molar-refractivity contribution < 1.29 is 0 Å². The number of anilines is 1. The van der Waals surface area contributed by atoms with Crippen LogP contribution in [0.5, 0.6) is 0 Å². The van der Waals surface area contributed by atoms with Gasteiger partial charge < -0.3 is 5.73 Å². The van der Waals surface area contributed by atoms with Gasteiger partial charge in [-0.05, 0) is 29.5 Å². The number of fused-ring (bicyclic) bond motifs is 1. The number of rotatable bonds is 3. The maximum atomic E-state index is 6.22. The number of nitrogens with zero attached hydrogens (tertiary/aromatic N) is 1. The number of nitrogen functional groups attached to an aromatic ring is 1. The van der Waals surface area contributed by atoms with E-state index in [0.717, 1.165) is 28.7 Å². The van der Waals surface area contributed by atoms with E-state index in [2.05, 4.69) is 56.3 Å². The van der Waals surface area contributed by atoms with E-state index in [1.807, 2.05) is 12.1 Å². The molecule has 2 aromatic carbocycles. The third-order valence-corrected chi connectivity index (χ3v) is 3.80. The Labute approximate surface area is 125 Å². The Morgan fingerprint density at radius 1 is 1.00 bits per heavy atom. The van der Waals surface area contributed by atoms with Gasteiger partial charge in [-0.2, -0.15) is 0 Å². The summed E-state index contributed by atoms with van der Waals surface area (Å²) in [6, 6.07) is 18.7. The Kier molecular flexibility index (Phi) is 3.61. The maximum absolute atomic E-state index is 6.22. The molecule has 0 saturated heterocycles. The van der Waals surface area contributed by atoms with Gasteiger partial charge in [-0.25, -0.2) is 0 Å². The van der Waals surface area contributed by atoms with E-state index in [9.17, 15) is 0 Å². The Morgan fingerprint density at radius 3 is 2.48 bits per heavy atom. The van der Waals surface area contributed by atoms with Gasteiger partial charge in [0.1, 0.15) is 0 Å². The van der Waals surface area contributed by atoms with E-state index in [-0.39, 0.29) is 0 Å². The molecule has 1 aromatic heterocycles. The predicted molar refractivity (Wildman–Crippen MR) is 89.5 cm³/mol. The summed E-state index contributed by atoms with van der Waals surface area (Å²) in [5, 5.41) is 1.05. The van der Waals surface area contributed by atoms with Crippen LogP contribution in [0.25, 0.3) is 10.9 Å². The molecule has 0 unspecified atom stereocenters. The molecule has 0 amide bonds. The lowest BCUT2D eigenvalue weighted by Crippen LogP contribution is -2.00. The Bertz CT molecular complexity index is 761. The minimum Gasteiger partial charge on any atom is -0.398 e. The van der Waals surface area contributed by atoms with Crippen LogP contribution in [-0.2, 0) is 6.42 Å². The summed E-state index contributed by atoms with van der Waals surface area (Å²) in [6.45, 7) is 4.29. The summed E-state index contributed by atoms with van der Waals surface area (Å²) in [5.74, 6) is 0.376. The molecule has 1 heterocycles. The zero-order valence-corrected chi connectivity index (χ0v) is 12.5. The SMILES string of the molecule is CC(C)c1cc(N)c2cccc(Cc3ccccc3)c2n1. The predicted octanol–water partition coefficient (Wildman–Crippen LogP) is 4.53. The second kappa shape index (κ2) is 5.57. The summed E-state index contributed by atoms with van der Waals surface area (Å²) in [5.41, 5.74) is 11.6. The van der Waals surface area contributed by atoms with Gasteiger partial charge >= 0.3 is 0 Å². The largest absolute Gasteiger partial charge is 0.398 e. The van der Waals surface area contributed by atoms with Crippen molar-refractivity contribution in [2.45, 2.75) is 26.2 Å². The third kappa shape index (κ3) is 2.75. The molecule has 3 rings (SSSR count). The molecule has 0 atom stereocenters. The van der Waals surface area contributed by atoms with Crippen LogP contribution in [-0.4, -0.2) is 4.98 Å². The molecule has 0 radical (unpaired) electrons. The molecule has 21 heavy (non-hydrogen) atoms. The van der Waals surface area contributed by atoms with Gasteiger partial charge in [-0.15, -0.1) is 0 Å². The van der Waals surface area contributed by atoms with Crippen molar-refractivity contribution in [1.29, 1.82) is 0 Å². The van der Waals surface area contributed by atoms with E-state index in [1.165, 1.54) is 11.1 Å². The van der Waals surface area contributed by atoms with Crippen molar-refractivity contribution in [2.24, 2.45) is 0 Å². The van der Waals surface area contributed by atoms with E-state index in [4.69, 9.17) is 10.7 Å². The molecular formula is C19H20N2. The molecular weight excluding hydrogens is 256 g/mol. The molecule has 0 fully saturated rings. The summed E-state index contributed by atoms with van der Waals surface area (Å²) in [7, 11) is 0. The fourth-order valence-electron chi connectivity index (χ4n) is 2.61. The number of hydrogen-bond acceptors (Lipinski definition) is 2. The first kappa shape index (κ1) is 13.6. The minimum absolute atomic E-state index is 0.376. The van der Waals surface area contributed by atoms with E-state index >= 15 is 0 Å². The zero-order chi connectivity index (χ0) is 14.8. The van der Waals surface area contributed by atoms with Crippen molar-refractivity contribution >= 4 is 16.6 Å². The Hall–Kier alpha value is -2.35. The fourth-order valence-corrected chi connectivity index (χ4v) is 2.61. The first-order valence-electron chi connectivity index (χ1n) is 7.37. The van der Waals surface area contributed by atoms with Gasteiger partial charge in [0.2, 0.25) is 0 Å². The first-order chi connectivity index (χ1) is 10.1. The van der Waals surface area contributed by atoms with Crippen LogP contribution in [0.3, 0.4) is 0 Å². The van der Waals surface area contributed by atoms with Crippen LogP contribution in [0.15, 0.2) is 54.6 Å². The average Bonchev–Trinajstić information content (AvgIpc) is 2.49. The van der Waals surface area contributed by atoms with Crippen molar-refractivity contribution in [3.8, 4) is 0 Å². The van der Waals surface area contributed by atoms with Crippen molar-refractivity contribution in [3.63, 3.8) is 0 Å². The van der Waals surface area contributed by atoms with Crippen molar-refractivity contribution in [3.05, 3.63) is 71.4 Å². The maximum Gasteiger partial charge on any atom is 0.0761 e. The molecule has 0 aliphatic rings. The highest BCUT2D eigenvalue weighted by molar-refractivity contribution is 5.92. The number of aromatic nitrogens is 1. The highest BCUT2D eigenvalue weighted by Crippen LogP contribution is 2.27. The number of para-hydroxylation sites is 1. The normalized spacial score (nSPS) is 11.2. The van der Waals surface area contributed by atoms with Gasteiger partial charge in [-0.1, -0.05) is 62.4 Å². The summed E-state index contributed by atoms with van der Waals surface area (Å²) >= 11 is 0. The standard InChI is InChI=1S/C19H20N2/c1-13(2)18-12-17(20)16-10-6-9-15(19(16)21-18)11-14-7-4-3-5-8-14/h3-10,12-13H,11H2,1-2H3,(H2,20,21). The highest BCUT2D eigenvalue weighted by Gasteiger charge is 2.10. The lowest BCUT2D eigenvalue weighted by molar-refractivity contribution is 0.830. The summed E-state index contributed by atoms with van der Waals surface area (Å²) < 4.78 is 0. The van der Waals surface area contributed by atoms with Crippen LogP contribution in [0.4, 0.5) is 5.69 Å². The fraction of sp³-hybridized carbons (Fsp3) is 0.211. The highest BCUT2D eigenvalue weighted by atomic mass is 14.7. The number of nitrogens with two attached hydrogens (primary N) is 1. The van der Waals surface area contributed by atoms with E-state index in [0.29, 0.717) is 5.92 Å². The number of pyridine rings is 1. The summed E-state index contributed by atoms with van der Waals surface area (Å²) in [4.78, 5) is 4.85. The van der Waals surface area contributed by atoms with Crippen LogP contribution in [0, 0.1) is 0 Å². The second-order valence-electron chi connectivity index (χ2n) is 5.77. The lowest BCUT2D eigenvalue weighted by Gasteiger charge is -2.12. The average molecular weight is 276 g/mol. The quantitative estimate of drug-likeness (QED) is 0.763. The molecule has 2 N–H and O–H groups in total. The van der Waals surface area contributed by atoms with Gasteiger partial charge in [0, 0.05) is 16.8 Å². The molecule has 0 aliphatic carbocycles. The Balaban J connectivity index is 2.14. The van der Waals surface area contributed by atoms with Crippen molar-refractivity contribution in [2.75, 3.05) is 5.73 Å². The van der Waals surface area contributed by atoms with Crippen LogP contribution >= 0.6 is 0 Å². The zero-order valence-electron chi connectivity index (χ0n) is 12.5. The number of hydrogen-bond donors (Lipinski definition) is 1. The second-order valence-corrected chi connectivity index (χ2v) is 5.77. The third-order valence-electron chi connectivity index (χ3n) is 3.80. The van der Waals surface area contributed by atoms with Gasteiger partial charge in [-0.3, -0.25) is 4.98 Å². The Morgan fingerprint density at radius 2 is 1.76 bits per heavy atom. The molecule has 106 valence electrons. The molecule has 2 nitrogen and oxygen atoms in total.